The number of pyridine rings is 1. The fraction of sp³-hybridized carbons (Fsp3) is 0.500. The molecule has 158 valence electrons. The van der Waals surface area contributed by atoms with E-state index in [0.717, 1.165) is 56.5 Å². The first-order valence-electron chi connectivity index (χ1n) is 11.5. The Morgan fingerprint density at radius 1 is 0.968 bits per heavy atom. The molecular formula is C24H26N6S. The molecule has 3 aromatic heterocycles. The Balaban J connectivity index is 1.37. The molecule has 0 radical (unpaired) electrons. The van der Waals surface area contributed by atoms with Crippen LogP contribution in [0.15, 0.2) is 18.3 Å². The van der Waals surface area contributed by atoms with E-state index < -0.39 is 0 Å². The van der Waals surface area contributed by atoms with Crippen molar-refractivity contribution < 1.29 is 0 Å². The van der Waals surface area contributed by atoms with E-state index in [0.29, 0.717) is 11.5 Å². The molecule has 0 unspecified atom stereocenters. The lowest BCUT2D eigenvalue weighted by Gasteiger charge is -2.25. The van der Waals surface area contributed by atoms with Crippen molar-refractivity contribution in [2.45, 2.75) is 50.9 Å². The van der Waals surface area contributed by atoms with E-state index >= 15 is 0 Å². The van der Waals surface area contributed by atoms with Crippen LogP contribution in [0.1, 0.15) is 59.9 Å². The minimum Gasteiger partial charge on any atom is -0.354 e. The molecule has 31 heavy (non-hydrogen) atoms. The maximum atomic E-state index is 9.50. The maximum Gasteiger partial charge on any atom is 0.146 e. The summed E-state index contributed by atoms with van der Waals surface area (Å²) in [6.07, 6.45) is 10.2. The molecule has 0 spiro atoms. The van der Waals surface area contributed by atoms with Gasteiger partial charge in [0.25, 0.3) is 0 Å². The van der Waals surface area contributed by atoms with Gasteiger partial charge in [-0.25, -0.2) is 15.0 Å². The Bertz CT molecular complexity index is 1170. The average molecular weight is 431 g/mol. The number of fused-ring (bicyclic) bond motifs is 3. The molecule has 3 aliphatic rings. The van der Waals surface area contributed by atoms with Crippen molar-refractivity contribution in [2.75, 3.05) is 36.0 Å². The summed E-state index contributed by atoms with van der Waals surface area (Å²) in [5.41, 5.74) is 2.17. The molecule has 7 heteroatoms. The van der Waals surface area contributed by atoms with Gasteiger partial charge in [-0.1, -0.05) is 0 Å². The lowest BCUT2D eigenvalue weighted by atomic mass is 9.97. The summed E-state index contributed by atoms with van der Waals surface area (Å²) >= 11 is 1.91. The number of nitrogens with zero attached hydrogens (tertiary/aromatic N) is 6. The lowest BCUT2D eigenvalue weighted by molar-refractivity contribution is 0.699. The van der Waals surface area contributed by atoms with Gasteiger partial charge >= 0.3 is 0 Å². The Labute approximate surface area is 186 Å². The highest BCUT2D eigenvalue weighted by atomic mass is 32.1. The zero-order chi connectivity index (χ0) is 20.8. The molecule has 2 fully saturated rings. The number of hydrogen-bond donors (Lipinski definition) is 0. The zero-order valence-corrected chi connectivity index (χ0v) is 18.5. The van der Waals surface area contributed by atoms with Crippen LogP contribution in [0.3, 0.4) is 0 Å². The monoisotopic (exact) mass is 430 g/mol. The summed E-state index contributed by atoms with van der Waals surface area (Å²) in [6, 6.07) is 6.00. The minimum absolute atomic E-state index is 0.553. The van der Waals surface area contributed by atoms with E-state index in [2.05, 4.69) is 20.9 Å². The van der Waals surface area contributed by atoms with Crippen molar-refractivity contribution in [3.05, 3.63) is 40.2 Å². The first-order chi connectivity index (χ1) is 15.3. The predicted octanol–water partition coefficient (Wildman–Crippen LogP) is 4.43. The smallest absolute Gasteiger partial charge is 0.146 e. The lowest BCUT2D eigenvalue weighted by Crippen LogP contribution is -2.32. The Kier molecular flexibility index (Phi) is 4.76. The molecule has 1 saturated carbocycles. The van der Waals surface area contributed by atoms with Crippen molar-refractivity contribution >= 4 is 33.2 Å². The van der Waals surface area contributed by atoms with Crippen LogP contribution < -0.4 is 9.80 Å². The summed E-state index contributed by atoms with van der Waals surface area (Å²) < 4.78 is 0. The van der Waals surface area contributed by atoms with Crippen LogP contribution in [-0.4, -0.2) is 41.1 Å². The van der Waals surface area contributed by atoms with E-state index in [1.54, 1.807) is 6.20 Å². The molecule has 6 nitrogen and oxygen atoms in total. The Hall–Kier alpha value is -2.72. The van der Waals surface area contributed by atoms with Crippen LogP contribution in [0.5, 0.6) is 0 Å². The number of thiophene rings is 1. The van der Waals surface area contributed by atoms with Crippen molar-refractivity contribution in [3.63, 3.8) is 0 Å². The standard InChI is InChI=1S/C24H26N6S/c25-15-17-5-3-10-26-22(17)29-11-4-12-30(14-13-29)23-20-18-6-1-2-7-19(18)31-24(20)28-21(27-23)16-8-9-16/h3,5,10,16H,1-2,4,6-9,11-14H2. The SMILES string of the molecule is N#Cc1cccnc1N1CCCN(c2nc(C3CC3)nc3sc4c(c23)CCCC4)CC1. The van der Waals surface area contributed by atoms with Gasteiger partial charge < -0.3 is 9.80 Å². The Morgan fingerprint density at radius 3 is 2.58 bits per heavy atom. The van der Waals surface area contributed by atoms with Gasteiger partial charge in [-0.3, -0.25) is 0 Å². The van der Waals surface area contributed by atoms with Crippen LogP contribution in [0.4, 0.5) is 11.6 Å². The van der Waals surface area contributed by atoms with Crippen LogP contribution in [0.2, 0.25) is 0 Å². The van der Waals surface area contributed by atoms with E-state index in [-0.39, 0.29) is 0 Å². The van der Waals surface area contributed by atoms with Gasteiger partial charge in [0.2, 0.25) is 0 Å². The Morgan fingerprint density at radius 2 is 1.77 bits per heavy atom. The molecule has 1 saturated heterocycles. The van der Waals surface area contributed by atoms with Crippen LogP contribution >= 0.6 is 11.3 Å². The zero-order valence-electron chi connectivity index (χ0n) is 17.7. The van der Waals surface area contributed by atoms with Crippen LogP contribution in [-0.2, 0) is 12.8 Å². The molecule has 4 heterocycles. The van der Waals surface area contributed by atoms with Gasteiger partial charge in [0.05, 0.1) is 10.9 Å². The second kappa shape index (κ2) is 7.76. The van der Waals surface area contributed by atoms with Gasteiger partial charge in [0, 0.05) is 43.2 Å². The minimum atomic E-state index is 0.553. The van der Waals surface area contributed by atoms with Crippen molar-refractivity contribution in [1.29, 1.82) is 5.26 Å². The summed E-state index contributed by atoms with van der Waals surface area (Å²) in [6.45, 7) is 3.63. The highest BCUT2D eigenvalue weighted by Crippen LogP contribution is 2.44. The topological polar surface area (TPSA) is 68.9 Å². The molecule has 3 aromatic rings. The molecule has 2 aliphatic carbocycles. The molecule has 0 atom stereocenters. The number of hydrogen-bond acceptors (Lipinski definition) is 7. The summed E-state index contributed by atoms with van der Waals surface area (Å²) in [5.74, 6) is 3.58. The maximum absolute atomic E-state index is 9.50. The van der Waals surface area contributed by atoms with Gasteiger partial charge in [-0.2, -0.15) is 5.26 Å². The highest BCUT2D eigenvalue weighted by Gasteiger charge is 2.31. The molecule has 1 aliphatic heterocycles. The van der Waals surface area contributed by atoms with Crippen molar-refractivity contribution in [3.8, 4) is 6.07 Å². The fourth-order valence-corrected chi connectivity index (χ4v) is 6.25. The fourth-order valence-electron chi connectivity index (χ4n) is 4.98. The highest BCUT2D eigenvalue weighted by molar-refractivity contribution is 7.19. The van der Waals surface area contributed by atoms with E-state index in [1.807, 2.05) is 23.5 Å². The number of nitriles is 1. The molecule has 0 N–H and O–H groups in total. The first kappa shape index (κ1) is 19.0. The van der Waals surface area contributed by atoms with Crippen molar-refractivity contribution in [2.24, 2.45) is 0 Å². The second-order valence-electron chi connectivity index (χ2n) is 8.88. The number of rotatable bonds is 3. The number of aryl methyl sites for hydroxylation is 2. The molecular weight excluding hydrogens is 404 g/mol. The second-order valence-corrected chi connectivity index (χ2v) is 9.97. The van der Waals surface area contributed by atoms with Crippen LogP contribution in [0, 0.1) is 11.3 Å². The average Bonchev–Trinajstić information content (AvgIpc) is 3.62. The summed E-state index contributed by atoms with van der Waals surface area (Å²) in [4.78, 5) is 22.2. The third kappa shape index (κ3) is 3.43. The third-order valence-electron chi connectivity index (χ3n) is 6.76. The van der Waals surface area contributed by atoms with Gasteiger partial charge in [-0.15, -0.1) is 11.3 Å². The van der Waals surface area contributed by atoms with E-state index in [9.17, 15) is 5.26 Å². The van der Waals surface area contributed by atoms with E-state index in [1.165, 1.54) is 52.8 Å². The molecule has 0 aromatic carbocycles. The number of anilines is 2. The summed E-state index contributed by atoms with van der Waals surface area (Å²) in [5, 5.41) is 10.8. The molecule has 0 bridgehead atoms. The van der Waals surface area contributed by atoms with E-state index in [4.69, 9.17) is 9.97 Å². The van der Waals surface area contributed by atoms with Gasteiger partial charge in [0.15, 0.2) is 0 Å². The third-order valence-corrected chi connectivity index (χ3v) is 7.94. The number of aromatic nitrogens is 3. The molecule has 6 rings (SSSR count). The van der Waals surface area contributed by atoms with Gasteiger partial charge in [-0.05, 0) is 62.6 Å². The van der Waals surface area contributed by atoms with Crippen molar-refractivity contribution in [1.82, 2.24) is 15.0 Å². The van der Waals surface area contributed by atoms with Crippen LogP contribution in [0.25, 0.3) is 10.2 Å². The molecule has 0 amide bonds. The normalized spacial score (nSPS) is 19.2. The quantitative estimate of drug-likeness (QED) is 0.612. The summed E-state index contributed by atoms with van der Waals surface area (Å²) in [7, 11) is 0. The predicted molar refractivity (Wildman–Crippen MR) is 124 cm³/mol. The first-order valence-corrected chi connectivity index (χ1v) is 12.3. The van der Waals surface area contributed by atoms with Gasteiger partial charge in [0.1, 0.15) is 28.4 Å². The largest absolute Gasteiger partial charge is 0.354 e.